The van der Waals surface area contributed by atoms with Gasteiger partial charge in [0, 0.05) is 5.56 Å². The van der Waals surface area contributed by atoms with Gasteiger partial charge in [0.1, 0.15) is 11.8 Å². The number of benzene rings is 1. The van der Waals surface area contributed by atoms with Crippen LogP contribution in [0.15, 0.2) is 18.2 Å². The molecule has 0 aliphatic carbocycles. The molecule has 82 valence electrons. The second-order valence-corrected chi connectivity index (χ2v) is 3.21. The summed E-state index contributed by atoms with van der Waals surface area (Å²) in [7, 11) is 1.27. The molecule has 0 aromatic heterocycles. The molecule has 1 aromatic carbocycles. The third-order valence-electron chi connectivity index (χ3n) is 2.32. The lowest BCUT2D eigenvalue weighted by atomic mass is 10.0. The first-order chi connectivity index (χ1) is 7.11. The second-order valence-electron chi connectivity index (χ2n) is 3.21. The number of carbonyl (C=O) groups excluding carboxylic acids is 1. The molecule has 0 unspecified atom stereocenters. The molecule has 0 radical (unpaired) electrons. The maximum absolute atomic E-state index is 11.2. The number of para-hydroxylation sites is 1. The molecule has 0 saturated heterocycles. The smallest absolute Gasteiger partial charge is 0.327 e. The predicted molar refractivity (Wildman–Crippen MR) is 56.4 cm³/mol. The quantitative estimate of drug-likeness (QED) is 0.732. The molecule has 0 aliphatic rings. The van der Waals surface area contributed by atoms with Gasteiger partial charge in [0.05, 0.1) is 7.11 Å². The van der Waals surface area contributed by atoms with Gasteiger partial charge in [0.25, 0.3) is 0 Å². The molecular formula is C11H15NO3. The van der Waals surface area contributed by atoms with Crippen molar-refractivity contribution in [2.75, 3.05) is 7.11 Å². The molecule has 3 N–H and O–H groups in total. The van der Waals surface area contributed by atoms with Gasteiger partial charge in [-0.3, -0.25) is 4.79 Å². The third-order valence-corrected chi connectivity index (χ3v) is 2.32. The Morgan fingerprint density at radius 2 is 2.27 bits per heavy atom. The van der Waals surface area contributed by atoms with Gasteiger partial charge in [-0.15, -0.1) is 0 Å². The van der Waals surface area contributed by atoms with Crippen LogP contribution in [0, 0.1) is 0 Å². The molecular weight excluding hydrogens is 194 g/mol. The topological polar surface area (TPSA) is 72.6 Å². The number of hydrogen-bond donors (Lipinski definition) is 2. The Labute approximate surface area is 88.7 Å². The lowest BCUT2D eigenvalue weighted by molar-refractivity contribution is -0.142. The van der Waals surface area contributed by atoms with Crippen LogP contribution in [-0.2, 0) is 16.0 Å². The van der Waals surface area contributed by atoms with Crippen molar-refractivity contribution >= 4 is 5.97 Å². The van der Waals surface area contributed by atoms with Crippen LogP contribution >= 0.6 is 0 Å². The number of carbonyl (C=O) groups is 1. The fourth-order valence-corrected chi connectivity index (χ4v) is 1.40. The summed E-state index contributed by atoms with van der Waals surface area (Å²) < 4.78 is 4.52. The van der Waals surface area contributed by atoms with Crippen molar-refractivity contribution in [3.05, 3.63) is 29.3 Å². The van der Waals surface area contributed by atoms with Gasteiger partial charge in [-0.05, 0) is 12.0 Å². The summed E-state index contributed by atoms with van der Waals surface area (Å²) >= 11 is 0. The molecule has 0 bridgehead atoms. The van der Waals surface area contributed by atoms with E-state index in [1.165, 1.54) is 7.11 Å². The summed E-state index contributed by atoms with van der Waals surface area (Å²) in [4.78, 5) is 11.2. The van der Waals surface area contributed by atoms with Crippen LogP contribution in [0.2, 0.25) is 0 Å². The van der Waals surface area contributed by atoms with Crippen molar-refractivity contribution in [2.24, 2.45) is 5.73 Å². The van der Waals surface area contributed by atoms with Crippen molar-refractivity contribution < 1.29 is 14.6 Å². The SMILES string of the molecule is CCc1cccc([C@H](N)C(=O)OC)c1O. The van der Waals surface area contributed by atoms with Gasteiger partial charge in [0.2, 0.25) is 0 Å². The van der Waals surface area contributed by atoms with Gasteiger partial charge in [-0.1, -0.05) is 25.1 Å². The molecule has 0 saturated carbocycles. The van der Waals surface area contributed by atoms with Crippen LogP contribution < -0.4 is 5.73 Å². The second kappa shape index (κ2) is 4.79. The van der Waals surface area contributed by atoms with E-state index in [2.05, 4.69) is 4.74 Å². The summed E-state index contributed by atoms with van der Waals surface area (Å²) in [5.74, 6) is -0.476. The van der Waals surface area contributed by atoms with Crippen LogP contribution in [0.1, 0.15) is 24.1 Å². The Morgan fingerprint density at radius 1 is 1.60 bits per heavy atom. The van der Waals surface area contributed by atoms with Crippen LogP contribution in [0.5, 0.6) is 5.75 Å². The molecule has 1 aromatic rings. The van der Waals surface area contributed by atoms with Crippen LogP contribution in [0.4, 0.5) is 0 Å². The van der Waals surface area contributed by atoms with Crippen LogP contribution in [0.3, 0.4) is 0 Å². The summed E-state index contributed by atoms with van der Waals surface area (Å²) in [6.07, 6.45) is 0.688. The molecule has 0 aliphatic heterocycles. The fourth-order valence-electron chi connectivity index (χ4n) is 1.40. The molecule has 0 fully saturated rings. The van der Waals surface area contributed by atoms with Crippen molar-refractivity contribution in [2.45, 2.75) is 19.4 Å². The van der Waals surface area contributed by atoms with Gasteiger partial charge in [-0.2, -0.15) is 0 Å². The summed E-state index contributed by atoms with van der Waals surface area (Å²) in [5.41, 5.74) is 6.81. The van der Waals surface area contributed by atoms with Gasteiger partial charge >= 0.3 is 5.97 Å². The third kappa shape index (κ3) is 2.27. The van der Waals surface area contributed by atoms with E-state index in [9.17, 15) is 9.90 Å². The zero-order valence-electron chi connectivity index (χ0n) is 8.86. The van der Waals surface area contributed by atoms with E-state index >= 15 is 0 Å². The number of methoxy groups -OCH3 is 1. The molecule has 4 nitrogen and oxygen atoms in total. The number of rotatable bonds is 3. The summed E-state index contributed by atoms with van der Waals surface area (Å²) in [6, 6.07) is 4.25. The van der Waals surface area contributed by atoms with Crippen LogP contribution in [0.25, 0.3) is 0 Å². The molecule has 0 amide bonds. The van der Waals surface area contributed by atoms with Gasteiger partial charge < -0.3 is 15.6 Å². The Hall–Kier alpha value is -1.55. The Kier molecular flexibility index (Phi) is 3.68. The number of aryl methyl sites for hydroxylation is 1. The minimum atomic E-state index is -0.929. The maximum atomic E-state index is 11.2. The fraction of sp³-hybridized carbons (Fsp3) is 0.364. The highest BCUT2D eigenvalue weighted by atomic mass is 16.5. The van der Waals surface area contributed by atoms with E-state index in [1.54, 1.807) is 18.2 Å². The average molecular weight is 209 g/mol. The number of phenolic OH excluding ortho intramolecular Hbond substituents is 1. The molecule has 15 heavy (non-hydrogen) atoms. The number of nitrogens with two attached hydrogens (primary N) is 1. The standard InChI is InChI=1S/C11H15NO3/c1-3-7-5-4-6-8(10(7)13)9(12)11(14)15-2/h4-6,9,13H,3,12H2,1-2H3/t9-/m0/s1. The van der Waals surface area contributed by atoms with Crippen molar-refractivity contribution in [3.63, 3.8) is 0 Å². The Morgan fingerprint density at radius 3 is 2.80 bits per heavy atom. The first-order valence-electron chi connectivity index (χ1n) is 4.76. The van der Waals surface area contributed by atoms with Crippen LogP contribution in [-0.4, -0.2) is 18.2 Å². The Balaban J connectivity index is 3.09. The highest BCUT2D eigenvalue weighted by molar-refractivity contribution is 5.78. The van der Waals surface area contributed by atoms with E-state index in [1.807, 2.05) is 6.92 Å². The highest BCUT2D eigenvalue weighted by Gasteiger charge is 2.20. The molecule has 1 rings (SSSR count). The molecule has 1 atom stereocenters. The zero-order chi connectivity index (χ0) is 11.4. The van der Waals surface area contributed by atoms with Crippen molar-refractivity contribution in [1.82, 2.24) is 0 Å². The molecule has 4 heteroatoms. The molecule has 0 heterocycles. The lowest BCUT2D eigenvalue weighted by Gasteiger charge is -2.13. The zero-order valence-corrected chi connectivity index (χ0v) is 8.86. The van der Waals surface area contributed by atoms with E-state index in [0.29, 0.717) is 12.0 Å². The van der Waals surface area contributed by atoms with E-state index in [4.69, 9.17) is 5.73 Å². The van der Waals surface area contributed by atoms with E-state index in [-0.39, 0.29) is 5.75 Å². The van der Waals surface area contributed by atoms with Gasteiger partial charge in [-0.25, -0.2) is 0 Å². The number of hydrogen-bond acceptors (Lipinski definition) is 4. The number of aromatic hydroxyl groups is 1. The predicted octanol–water partition coefficient (Wildman–Crippen LogP) is 1.13. The monoisotopic (exact) mass is 209 g/mol. The number of esters is 1. The summed E-state index contributed by atoms with van der Waals surface area (Å²) in [5, 5.41) is 9.82. The number of ether oxygens (including phenoxy) is 1. The number of phenols is 1. The minimum Gasteiger partial charge on any atom is -0.507 e. The maximum Gasteiger partial charge on any atom is 0.327 e. The van der Waals surface area contributed by atoms with Crippen molar-refractivity contribution in [1.29, 1.82) is 0 Å². The normalized spacial score (nSPS) is 12.2. The molecule has 0 spiro atoms. The largest absolute Gasteiger partial charge is 0.507 e. The minimum absolute atomic E-state index is 0.0814. The summed E-state index contributed by atoms with van der Waals surface area (Å²) in [6.45, 7) is 1.92. The average Bonchev–Trinajstić information content (AvgIpc) is 2.27. The van der Waals surface area contributed by atoms with Crippen molar-refractivity contribution in [3.8, 4) is 5.75 Å². The Bertz CT molecular complexity index is 363. The van der Waals surface area contributed by atoms with E-state index < -0.39 is 12.0 Å². The lowest BCUT2D eigenvalue weighted by Crippen LogP contribution is -2.22. The first kappa shape index (κ1) is 11.5. The highest BCUT2D eigenvalue weighted by Crippen LogP contribution is 2.27. The first-order valence-corrected chi connectivity index (χ1v) is 4.76. The van der Waals surface area contributed by atoms with Gasteiger partial charge in [0.15, 0.2) is 0 Å². The van der Waals surface area contributed by atoms with E-state index in [0.717, 1.165) is 5.56 Å².